The summed E-state index contributed by atoms with van der Waals surface area (Å²) in [6.07, 6.45) is 1.57. The number of hydroxylamine groups is 2. The molecule has 0 spiro atoms. The van der Waals surface area contributed by atoms with Crippen molar-refractivity contribution in [2.75, 3.05) is 5.75 Å². The first-order valence-corrected chi connectivity index (χ1v) is 7.54. The van der Waals surface area contributed by atoms with Gasteiger partial charge in [0.15, 0.2) is 10.9 Å². The zero-order valence-corrected chi connectivity index (χ0v) is 12.0. The zero-order valence-electron chi connectivity index (χ0n) is 11.2. The summed E-state index contributed by atoms with van der Waals surface area (Å²) in [5, 5.41) is 1.22. The number of imide groups is 1. The number of aromatic nitrogens is 2. The molecule has 2 amide bonds. The molecule has 2 aliphatic heterocycles. The van der Waals surface area contributed by atoms with Crippen molar-refractivity contribution in [2.24, 2.45) is 0 Å². The van der Waals surface area contributed by atoms with E-state index in [0.717, 1.165) is 17.5 Å². The highest BCUT2D eigenvalue weighted by molar-refractivity contribution is 7.99. The van der Waals surface area contributed by atoms with Crippen LogP contribution in [-0.4, -0.2) is 38.2 Å². The molecular formula is C14H9N3O4S. The Hall–Kier alpha value is -2.61. The largest absolute Gasteiger partial charge is 0.383 e. The topological polar surface area (TPSA) is 81.5 Å². The van der Waals surface area contributed by atoms with E-state index in [0.29, 0.717) is 5.06 Å². The SMILES string of the molecule is O=C(ON1C(=O)c2ccccc2C1=O)c1cn2c(n1)SCC2. The number of fused-ring (bicyclic) bond motifs is 2. The van der Waals surface area contributed by atoms with E-state index >= 15 is 0 Å². The average molecular weight is 315 g/mol. The molecule has 8 heteroatoms. The van der Waals surface area contributed by atoms with Crippen LogP contribution in [0.25, 0.3) is 0 Å². The first-order chi connectivity index (χ1) is 10.6. The molecule has 0 bridgehead atoms. The second-order valence-electron chi connectivity index (χ2n) is 4.78. The lowest BCUT2D eigenvalue weighted by atomic mass is 10.1. The molecule has 2 aromatic rings. The Kier molecular flexibility index (Phi) is 2.80. The van der Waals surface area contributed by atoms with Gasteiger partial charge in [0.25, 0.3) is 11.8 Å². The molecule has 4 rings (SSSR count). The minimum absolute atomic E-state index is 0.0822. The molecule has 0 radical (unpaired) electrons. The third-order valence-electron chi connectivity index (χ3n) is 3.44. The molecule has 0 atom stereocenters. The van der Waals surface area contributed by atoms with E-state index in [1.54, 1.807) is 18.3 Å². The van der Waals surface area contributed by atoms with Gasteiger partial charge in [-0.25, -0.2) is 9.78 Å². The zero-order chi connectivity index (χ0) is 15.3. The predicted molar refractivity (Wildman–Crippen MR) is 75.3 cm³/mol. The van der Waals surface area contributed by atoms with Crippen LogP contribution in [0.1, 0.15) is 31.2 Å². The van der Waals surface area contributed by atoms with Crippen molar-refractivity contribution < 1.29 is 19.2 Å². The number of imidazole rings is 1. The molecule has 0 N–H and O–H groups in total. The molecular weight excluding hydrogens is 306 g/mol. The van der Waals surface area contributed by atoms with Crippen LogP contribution in [-0.2, 0) is 11.4 Å². The minimum Gasteiger partial charge on any atom is -0.324 e. The predicted octanol–water partition coefficient (Wildman–Crippen LogP) is 1.36. The Morgan fingerprint density at radius 2 is 1.86 bits per heavy atom. The monoisotopic (exact) mass is 315 g/mol. The van der Waals surface area contributed by atoms with Gasteiger partial charge in [-0.05, 0) is 12.1 Å². The van der Waals surface area contributed by atoms with E-state index in [1.165, 1.54) is 23.9 Å². The highest BCUT2D eigenvalue weighted by atomic mass is 32.2. The van der Waals surface area contributed by atoms with Gasteiger partial charge in [-0.3, -0.25) is 9.59 Å². The number of benzene rings is 1. The molecule has 0 aliphatic carbocycles. The van der Waals surface area contributed by atoms with Gasteiger partial charge in [-0.1, -0.05) is 29.0 Å². The smallest absolute Gasteiger partial charge is 0.324 e. The molecule has 0 saturated carbocycles. The molecule has 0 unspecified atom stereocenters. The van der Waals surface area contributed by atoms with Crippen LogP contribution in [0.2, 0.25) is 0 Å². The van der Waals surface area contributed by atoms with E-state index in [2.05, 4.69) is 4.98 Å². The summed E-state index contributed by atoms with van der Waals surface area (Å²) in [6, 6.07) is 6.33. The number of hydrogen-bond donors (Lipinski definition) is 0. The summed E-state index contributed by atoms with van der Waals surface area (Å²) in [7, 11) is 0. The first kappa shape index (κ1) is 13.1. The quantitative estimate of drug-likeness (QED) is 0.778. The number of nitrogens with zero attached hydrogens (tertiary/aromatic N) is 3. The standard InChI is InChI=1S/C14H9N3O4S/c18-11-8-3-1-2-4-9(8)12(19)17(11)21-13(20)10-7-16-5-6-22-14(16)15-10/h1-4,7H,5-6H2. The van der Waals surface area contributed by atoms with Crippen molar-refractivity contribution in [1.82, 2.24) is 14.6 Å². The van der Waals surface area contributed by atoms with Crippen molar-refractivity contribution in [2.45, 2.75) is 11.7 Å². The second kappa shape index (κ2) is 4.70. The molecule has 1 aromatic carbocycles. The molecule has 7 nitrogen and oxygen atoms in total. The molecule has 0 fully saturated rings. The van der Waals surface area contributed by atoms with E-state index in [4.69, 9.17) is 4.84 Å². The molecule has 0 saturated heterocycles. The first-order valence-electron chi connectivity index (χ1n) is 6.55. The summed E-state index contributed by atoms with van der Waals surface area (Å²) < 4.78 is 1.84. The van der Waals surface area contributed by atoms with Gasteiger partial charge in [0.1, 0.15) is 0 Å². The van der Waals surface area contributed by atoms with Gasteiger partial charge in [0, 0.05) is 18.5 Å². The fraction of sp³-hybridized carbons (Fsp3) is 0.143. The van der Waals surface area contributed by atoms with Crippen molar-refractivity contribution in [1.29, 1.82) is 0 Å². The maximum absolute atomic E-state index is 12.1. The Morgan fingerprint density at radius 1 is 1.18 bits per heavy atom. The summed E-state index contributed by atoms with van der Waals surface area (Å²) in [6.45, 7) is 0.771. The van der Waals surface area contributed by atoms with Gasteiger partial charge in [-0.15, -0.1) is 0 Å². The third-order valence-corrected chi connectivity index (χ3v) is 4.41. The van der Waals surface area contributed by atoms with E-state index < -0.39 is 17.8 Å². The highest BCUT2D eigenvalue weighted by Gasteiger charge is 2.39. The van der Waals surface area contributed by atoms with Gasteiger partial charge < -0.3 is 9.40 Å². The van der Waals surface area contributed by atoms with Crippen molar-refractivity contribution in [3.63, 3.8) is 0 Å². The van der Waals surface area contributed by atoms with Crippen LogP contribution in [0.4, 0.5) is 0 Å². The molecule has 2 aliphatic rings. The van der Waals surface area contributed by atoms with Crippen LogP contribution < -0.4 is 0 Å². The Bertz CT molecular complexity index is 773. The second-order valence-corrected chi connectivity index (χ2v) is 5.84. The number of hydrogen-bond acceptors (Lipinski definition) is 6. The van der Waals surface area contributed by atoms with Crippen LogP contribution >= 0.6 is 11.8 Å². The number of aryl methyl sites for hydroxylation is 1. The Labute approximate surface area is 128 Å². The molecule has 3 heterocycles. The molecule has 22 heavy (non-hydrogen) atoms. The van der Waals surface area contributed by atoms with E-state index in [1.807, 2.05) is 4.57 Å². The number of carbonyl (C=O) groups is 3. The fourth-order valence-electron chi connectivity index (χ4n) is 2.39. The summed E-state index contributed by atoms with van der Waals surface area (Å²) in [4.78, 5) is 45.4. The molecule has 110 valence electrons. The van der Waals surface area contributed by atoms with Crippen LogP contribution in [0.3, 0.4) is 0 Å². The van der Waals surface area contributed by atoms with Gasteiger partial charge in [0.2, 0.25) is 0 Å². The lowest BCUT2D eigenvalue weighted by Gasteiger charge is -2.11. The summed E-state index contributed by atoms with van der Waals surface area (Å²) in [5.74, 6) is -1.20. The van der Waals surface area contributed by atoms with Crippen LogP contribution in [0.15, 0.2) is 35.6 Å². The normalized spacial score (nSPS) is 15.9. The van der Waals surface area contributed by atoms with Gasteiger partial charge in [0.05, 0.1) is 11.1 Å². The van der Waals surface area contributed by atoms with E-state index in [9.17, 15) is 14.4 Å². The highest BCUT2D eigenvalue weighted by Crippen LogP contribution is 2.26. The number of thioether (sulfide) groups is 1. The maximum Gasteiger partial charge on any atom is 0.383 e. The maximum atomic E-state index is 12.1. The average Bonchev–Trinajstić information content (AvgIpc) is 3.17. The lowest BCUT2D eigenvalue weighted by Crippen LogP contribution is -2.32. The molecule has 1 aromatic heterocycles. The van der Waals surface area contributed by atoms with Crippen molar-refractivity contribution in [3.8, 4) is 0 Å². The number of rotatable bonds is 2. The Balaban J connectivity index is 1.58. The van der Waals surface area contributed by atoms with Crippen LogP contribution in [0, 0.1) is 0 Å². The van der Waals surface area contributed by atoms with E-state index in [-0.39, 0.29) is 16.8 Å². The summed E-state index contributed by atoms with van der Waals surface area (Å²) >= 11 is 1.54. The van der Waals surface area contributed by atoms with Crippen molar-refractivity contribution in [3.05, 3.63) is 47.3 Å². The van der Waals surface area contributed by atoms with Crippen molar-refractivity contribution >= 4 is 29.5 Å². The fourth-order valence-corrected chi connectivity index (χ4v) is 3.33. The van der Waals surface area contributed by atoms with Crippen LogP contribution in [0.5, 0.6) is 0 Å². The number of amides is 2. The lowest BCUT2D eigenvalue weighted by molar-refractivity contribution is -0.0588. The minimum atomic E-state index is -0.822. The van der Waals surface area contributed by atoms with Gasteiger partial charge in [-0.2, -0.15) is 0 Å². The summed E-state index contributed by atoms with van der Waals surface area (Å²) in [5.41, 5.74) is 0.533. The number of carbonyl (C=O) groups excluding carboxylic acids is 3. The van der Waals surface area contributed by atoms with Gasteiger partial charge >= 0.3 is 5.97 Å². The Morgan fingerprint density at radius 3 is 2.50 bits per heavy atom. The third kappa shape index (κ3) is 1.84.